The van der Waals surface area contributed by atoms with Crippen molar-refractivity contribution in [3.05, 3.63) is 22.4 Å². The zero-order valence-electron chi connectivity index (χ0n) is 11.3. The molecule has 0 radical (unpaired) electrons. The molecular formula is C14H22N2OS. The van der Waals surface area contributed by atoms with Gasteiger partial charge in [0.1, 0.15) is 0 Å². The van der Waals surface area contributed by atoms with Crippen molar-refractivity contribution in [1.29, 1.82) is 0 Å². The minimum atomic E-state index is 0.0146. The highest BCUT2D eigenvalue weighted by Crippen LogP contribution is 2.19. The molecule has 0 saturated carbocycles. The molecule has 0 aliphatic carbocycles. The van der Waals surface area contributed by atoms with Gasteiger partial charge in [0.25, 0.3) is 0 Å². The Morgan fingerprint density at radius 2 is 2.44 bits per heavy atom. The Bertz CT molecular complexity index is 391. The van der Waals surface area contributed by atoms with Gasteiger partial charge in [0.2, 0.25) is 5.91 Å². The summed E-state index contributed by atoms with van der Waals surface area (Å²) in [6.45, 7) is 5.24. The fourth-order valence-electron chi connectivity index (χ4n) is 2.46. The first kappa shape index (κ1) is 13.6. The smallest absolute Gasteiger partial charge is 0.239 e. The van der Waals surface area contributed by atoms with E-state index >= 15 is 0 Å². The fourth-order valence-corrected chi connectivity index (χ4v) is 3.28. The Balaban J connectivity index is 1.93. The van der Waals surface area contributed by atoms with Gasteiger partial charge in [-0.1, -0.05) is 13.0 Å². The Morgan fingerprint density at radius 3 is 3.00 bits per heavy atom. The standard InChI is InChI=1S/C14H22N2OS/c1-10-6-7-15-13(10)14(17)16(3)11(2)9-12-5-4-8-18-12/h4-5,8,10-11,13,15H,6-7,9H2,1-3H3. The van der Waals surface area contributed by atoms with Gasteiger partial charge in [-0.2, -0.15) is 0 Å². The molecule has 3 atom stereocenters. The maximum Gasteiger partial charge on any atom is 0.239 e. The van der Waals surface area contributed by atoms with E-state index in [0.29, 0.717) is 5.92 Å². The SMILES string of the molecule is CC1CCNC1C(=O)N(C)C(C)Cc1cccs1. The number of hydrogen-bond donors (Lipinski definition) is 1. The molecule has 1 aliphatic rings. The van der Waals surface area contributed by atoms with Crippen LogP contribution in [0.15, 0.2) is 17.5 Å². The van der Waals surface area contributed by atoms with E-state index in [2.05, 4.69) is 36.7 Å². The largest absolute Gasteiger partial charge is 0.341 e. The number of nitrogens with one attached hydrogen (secondary N) is 1. The van der Waals surface area contributed by atoms with E-state index in [9.17, 15) is 4.79 Å². The quantitative estimate of drug-likeness (QED) is 0.905. The second-order valence-corrected chi connectivity index (χ2v) is 6.31. The molecule has 0 bridgehead atoms. The van der Waals surface area contributed by atoms with Gasteiger partial charge in [0.15, 0.2) is 0 Å². The number of rotatable bonds is 4. The van der Waals surface area contributed by atoms with E-state index in [1.54, 1.807) is 11.3 Å². The summed E-state index contributed by atoms with van der Waals surface area (Å²) in [4.78, 5) is 15.6. The molecule has 3 nitrogen and oxygen atoms in total. The van der Waals surface area contributed by atoms with Crippen LogP contribution in [0, 0.1) is 5.92 Å². The van der Waals surface area contributed by atoms with E-state index < -0.39 is 0 Å². The van der Waals surface area contributed by atoms with Gasteiger partial charge in [0, 0.05) is 24.4 Å². The van der Waals surface area contributed by atoms with Crippen LogP contribution in [0.4, 0.5) is 0 Å². The molecule has 2 heterocycles. The summed E-state index contributed by atoms with van der Waals surface area (Å²) in [5, 5.41) is 5.40. The highest BCUT2D eigenvalue weighted by molar-refractivity contribution is 7.09. The normalized spacial score (nSPS) is 25.1. The van der Waals surface area contributed by atoms with Crippen molar-refractivity contribution in [2.75, 3.05) is 13.6 Å². The highest BCUT2D eigenvalue weighted by Gasteiger charge is 2.32. The molecule has 2 rings (SSSR count). The van der Waals surface area contributed by atoms with Gasteiger partial charge in [-0.05, 0) is 37.3 Å². The number of amides is 1. The predicted molar refractivity (Wildman–Crippen MR) is 75.8 cm³/mol. The highest BCUT2D eigenvalue weighted by atomic mass is 32.1. The van der Waals surface area contributed by atoms with Gasteiger partial charge in [-0.15, -0.1) is 11.3 Å². The molecule has 1 saturated heterocycles. The van der Waals surface area contributed by atoms with Crippen LogP contribution in [-0.2, 0) is 11.2 Å². The van der Waals surface area contributed by atoms with Crippen LogP contribution in [0.3, 0.4) is 0 Å². The van der Waals surface area contributed by atoms with Gasteiger partial charge in [0.05, 0.1) is 6.04 Å². The monoisotopic (exact) mass is 266 g/mol. The average Bonchev–Trinajstić information content (AvgIpc) is 2.98. The third-order valence-electron chi connectivity index (χ3n) is 3.88. The van der Waals surface area contributed by atoms with Crippen LogP contribution in [-0.4, -0.2) is 36.5 Å². The molecule has 1 aromatic rings. The second kappa shape index (κ2) is 5.85. The Morgan fingerprint density at radius 1 is 1.67 bits per heavy atom. The Kier molecular flexibility index (Phi) is 4.40. The predicted octanol–water partition coefficient (Wildman–Crippen LogP) is 2.14. The first-order chi connectivity index (χ1) is 8.59. The van der Waals surface area contributed by atoms with Crippen molar-refractivity contribution in [2.45, 2.75) is 38.8 Å². The van der Waals surface area contributed by atoms with Gasteiger partial charge in [-0.25, -0.2) is 0 Å². The average molecular weight is 266 g/mol. The molecule has 100 valence electrons. The van der Waals surface area contributed by atoms with E-state index in [-0.39, 0.29) is 18.0 Å². The number of hydrogen-bond acceptors (Lipinski definition) is 3. The minimum Gasteiger partial charge on any atom is -0.341 e. The first-order valence-electron chi connectivity index (χ1n) is 6.62. The van der Waals surface area contributed by atoms with Crippen molar-refractivity contribution in [1.82, 2.24) is 10.2 Å². The van der Waals surface area contributed by atoms with E-state index in [0.717, 1.165) is 19.4 Å². The van der Waals surface area contributed by atoms with Crippen molar-refractivity contribution in [3.63, 3.8) is 0 Å². The molecule has 3 unspecified atom stereocenters. The molecule has 1 aromatic heterocycles. The van der Waals surface area contributed by atoms with Crippen LogP contribution < -0.4 is 5.32 Å². The van der Waals surface area contributed by atoms with Crippen molar-refractivity contribution in [2.24, 2.45) is 5.92 Å². The summed E-state index contributed by atoms with van der Waals surface area (Å²) >= 11 is 1.76. The molecule has 0 spiro atoms. The van der Waals surface area contributed by atoms with Crippen LogP contribution >= 0.6 is 11.3 Å². The fraction of sp³-hybridized carbons (Fsp3) is 0.643. The van der Waals surface area contributed by atoms with Gasteiger partial charge in [-0.3, -0.25) is 4.79 Å². The number of nitrogens with zero attached hydrogens (tertiary/aromatic N) is 1. The van der Waals surface area contributed by atoms with E-state index in [4.69, 9.17) is 0 Å². The summed E-state index contributed by atoms with van der Waals surface area (Å²) < 4.78 is 0. The zero-order chi connectivity index (χ0) is 13.1. The van der Waals surface area contributed by atoms with Crippen LogP contribution in [0.5, 0.6) is 0 Å². The summed E-state index contributed by atoms with van der Waals surface area (Å²) in [6.07, 6.45) is 2.05. The molecular weight excluding hydrogens is 244 g/mol. The van der Waals surface area contributed by atoms with E-state index in [1.165, 1.54) is 4.88 Å². The molecule has 0 aromatic carbocycles. The van der Waals surface area contributed by atoms with Crippen LogP contribution in [0.25, 0.3) is 0 Å². The number of carbonyl (C=O) groups is 1. The van der Waals surface area contributed by atoms with Gasteiger partial charge < -0.3 is 10.2 Å². The number of likely N-dealkylation sites (N-methyl/N-ethyl adjacent to an activating group) is 1. The lowest BCUT2D eigenvalue weighted by atomic mass is 10.0. The lowest BCUT2D eigenvalue weighted by Crippen LogP contribution is -2.48. The van der Waals surface area contributed by atoms with E-state index in [1.807, 2.05) is 11.9 Å². The molecule has 1 amide bonds. The molecule has 1 fully saturated rings. The first-order valence-corrected chi connectivity index (χ1v) is 7.50. The zero-order valence-corrected chi connectivity index (χ0v) is 12.2. The maximum absolute atomic E-state index is 12.4. The molecule has 1 aliphatic heterocycles. The van der Waals surface area contributed by atoms with Crippen molar-refractivity contribution >= 4 is 17.2 Å². The summed E-state index contributed by atoms with van der Waals surface area (Å²) in [7, 11) is 1.92. The third-order valence-corrected chi connectivity index (χ3v) is 4.78. The lowest BCUT2D eigenvalue weighted by Gasteiger charge is -2.28. The van der Waals surface area contributed by atoms with Crippen molar-refractivity contribution < 1.29 is 4.79 Å². The number of carbonyl (C=O) groups excluding carboxylic acids is 1. The Hall–Kier alpha value is -0.870. The van der Waals surface area contributed by atoms with Crippen molar-refractivity contribution in [3.8, 4) is 0 Å². The number of thiophene rings is 1. The summed E-state index contributed by atoms with van der Waals surface area (Å²) in [6, 6.07) is 4.47. The minimum absolute atomic E-state index is 0.0146. The Labute approximate surface area is 113 Å². The van der Waals surface area contributed by atoms with Gasteiger partial charge >= 0.3 is 0 Å². The van der Waals surface area contributed by atoms with Crippen LogP contribution in [0.1, 0.15) is 25.1 Å². The topological polar surface area (TPSA) is 32.3 Å². The third kappa shape index (κ3) is 2.93. The van der Waals surface area contributed by atoms with Crippen LogP contribution in [0.2, 0.25) is 0 Å². The summed E-state index contributed by atoms with van der Waals surface area (Å²) in [5.74, 6) is 0.693. The lowest BCUT2D eigenvalue weighted by molar-refractivity contribution is -0.134. The molecule has 18 heavy (non-hydrogen) atoms. The second-order valence-electron chi connectivity index (χ2n) is 5.28. The summed E-state index contributed by atoms with van der Waals surface area (Å²) in [5.41, 5.74) is 0. The molecule has 1 N–H and O–H groups in total. The maximum atomic E-state index is 12.4. The molecule has 4 heteroatoms.